The predicted octanol–water partition coefficient (Wildman–Crippen LogP) is -0.0775. The van der Waals surface area contributed by atoms with Gasteiger partial charge in [0.1, 0.15) is 9.84 Å². The van der Waals surface area contributed by atoms with Gasteiger partial charge in [-0.15, -0.1) is 0 Å². The minimum atomic E-state index is -2.93. The van der Waals surface area contributed by atoms with Gasteiger partial charge in [0.05, 0.1) is 11.9 Å². The van der Waals surface area contributed by atoms with Crippen LogP contribution in [0.4, 0.5) is 0 Å². The maximum Gasteiger partial charge on any atom is 0.148 e. The fourth-order valence-electron chi connectivity index (χ4n) is 2.00. The van der Waals surface area contributed by atoms with Crippen LogP contribution in [0, 0.1) is 0 Å². The van der Waals surface area contributed by atoms with Gasteiger partial charge in [0.2, 0.25) is 0 Å². The number of rotatable bonds is 4. The summed E-state index contributed by atoms with van der Waals surface area (Å²) in [6, 6.07) is -0.00509. The summed E-state index contributed by atoms with van der Waals surface area (Å²) in [5.41, 5.74) is 0. The Bertz CT molecular complexity index is 276. The van der Waals surface area contributed by atoms with E-state index in [1.807, 2.05) is 6.92 Å². The van der Waals surface area contributed by atoms with Crippen molar-refractivity contribution in [2.75, 3.05) is 12.0 Å². The first-order valence-electron chi connectivity index (χ1n) is 5.00. The molecule has 14 heavy (non-hydrogen) atoms. The van der Waals surface area contributed by atoms with Crippen LogP contribution in [0.15, 0.2) is 0 Å². The van der Waals surface area contributed by atoms with Gasteiger partial charge in [-0.2, -0.15) is 0 Å². The standard InChI is InChI=1S/C9H19NO3S/c1-7(6-14(2,12)13)10-8-4-3-5-9(8)11/h7-11H,3-6H2,1-2H3/t7?,8-,9-/m0/s1. The highest BCUT2D eigenvalue weighted by atomic mass is 32.2. The lowest BCUT2D eigenvalue weighted by atomic mass is 10.2. The van der Waals surface area contributed by atoms with E-state index in [2.05, 4.69) is 5.32 Å². The summed E-state index contributed by atoms with van der Waals surface area (Å²) in [7, 11) is -2.93. The molecular formula is C9H19NO3S. The number of sulfone groups is 1. The van der Waals surface area contributed by atoms with Crippen LogP contribution in [0.5, 0.6) is 0 Å². The summed E-state index contributed by atoms with van der Waals surface area (Å²) in [6.45, 7) is 1.84. The third-order valence-electron chi connectivity index (χ3n) is 2.53. The van der Waals surface area contributed by atoms with Gasteiger partial charge in [0, 0.05) is 18.3 Å². The van der Waals surface area contributed by atoms with Crippen LogP contribution in [0.25, 0.3) is 0 Å². The second-order valence-corrected chi connectivity index (χ2v) is 6.45. The molecule has 0 radical (unpaired) electrons. The molecule has 84 valence electrons. The lowest BCUT2D eigenvalue weighted by Gasteiger charge is -2.21. The zero-order valence-electron chi connectivity index (χ0n) is 8.73. The molecule has 0 heterocycles. The summed E-state index contributed by atoms with van der Waals surface area (Å²) in [5.74, 6) is 0.135. The number of aliphatic hydroxyl groups is 1. The number of hydrogen-bond acceptors (Lipinski definition) is 4. The molecule has 1 unspecified atom stereocenters. The molecule has 0 amide bonds. The molecule has 0 aromatic heterocycles. The molecule has 0 aromatic rings. The third kappa shape index (κ3) is 3.94. The molecule has 2 N–H and O–H groups in total. The fraction of sp³-hybridized carbons (Fsp3) is 1.00. The molecule has 0 spiro atoms. The minimum Gasteiger partial charge on any atom is -0.392 e. The molecule has 1 saturated carbocycles. The molecule has 1 rings (SSSR count). The number of hydrogen-bond donors (Lipinski definition) is 2. The summed E-state index contributed by atoms with van der Waals surface area (Å²) in [4.78, 5) is 0. The SMILES string of the molecule is CC(CS(C)(=O)=O)N[C@H]1CCC[C@@H]1O. The van der Waals surface area contributed by atoms with Gasteiger partial charge in [0.25, 0.3) is 0 Å². The Kier molecular flexibility index (Phi) is 3.92. The van der Waals surface area contributed by atoms with E-state index in [4.69, 9.17) is 0 Å². The van der Waals surface area contributed by atoms with Gasteiger partial charge in [-0.05, 0) is 26.2 Å². The van der Waals surface area contributed by atoms with Gasteiger partial charge in [-0.1, -0.05) is 0 Å². The van der Waals surface area contributed by atoms with Crippen molar-refractivity contribution in [2.45, 2.75) is 44.4 Å². The first-order valence-corrected chi connectivity index (χ1v) is 7.06. The van der Waals surface area contributed by atoms with Gasteiger partial charge in [-0.3, -0.25) is 0 Å². The maximum atomic E-state index is 11.0. The average Bonchev–Trinajstić information content (AvgIpc) is 2.32. The van der Waals surface area contributed by atoms with Crippen molar-refractivity contribution >= 4 is 9.84 Å². The summed E-state index contributed by atoms with van der Waals surface area (Å²) in [5, 5.41) is 12.7. The van der Waals surface area contributed by atoms with Crippen LogP contribution in [0.1, 0.15) is 26.2 Å². The normalized spacial score (nSPS) is 30.5. The van der Waals surface area contributed by atoms with Crippen LogP contribution in [0.3, 0.4) is 0 Å². The zero-order chi connectivity index (χ0) is 10.8. The summed E-state index contributed by atoms with van der Waals surface area (Å²) < 4.78 is 22.0. The van der Waals surface area contributed by atoms with Gasteiger partial charge in [0.15, 0.2) is 0 Å². The third-order valence-corrected chi connectivity index (χ3v) is 3.64. The molecule has 0 aromatic carbocycles. The highest BCUT2D eigenvalue weighted by molar-refractivity contribution is 7.90. The molecule has 5 heteroatoms. The second-order valence-electron chi connectivity index (χ2n) is 4.26. The molecule has 1 aliphatic carbocycles. The van der Waals surface area contributed by atoms with Crippen LogP contribution in [0.2, 0.25) is 0 Å². The van der Waals surface area contributed by atoms with Crippen LogP contribution in [-0.2, 0) is 9.84 Å². The molecule has 3 atom stereocenters. The minimum absolute atomic E-state index is 0.0757. The maximum absolute atomic E-state index is 11.0. The zero-order valence-corrected chi connectivity index (χ0v) is 9.55. The highest BCUT2D eigenvalue weighted by Gasteiger charge is 2.26. The smallest absolute Gasteiger partial charge is 0.148 e. The first-order chi connectivity index (χ1) is 6.38. The van der Waals surface area contributed by atoms with Gasteiger partial charge >= 0.3 is 0 Å². The first kappa shape index (κ1) is 11.9. The largest absolute Gasteiger partial charge is 0.392 e. The monoisotopic (exact) mass is 221 g/mol. The predicted molar refractivity (Wildman–Crippen MR) is 56.0 cm³/mol. The Morgan fingerprint density at radius 2 is 2.14 bits per heavy atom. The number of aliphatic hydroxyl groups excluding tert-OH is 1. The number of nitrogens with one attached hydrogen (secondary N) is 1. The Morgan fingerprint density at radius 3 is 2.57 bits per heavy atom. The van der Waals surface area contributed by atoms with Crippen LogP contribution >= 0.6 is 0 Å². The van der Waals surface area contributed by atoms with Crippen molar-refractivity contribution in [2.24, 2.45) is 0 Å². The Morgan fingerprint density at radius 1 is 1.50 bits per heavy atom. The molecule has 0 bridgehead atoms. The topological polar surface area (TPSA) is 66.4 Å². The van der Waals surface area contributed by atoms with Crippen molar-refractivity contribution in [3.8, 4) is 0 Å². The van der Waals surface area contributed by atoms with E-state index in [0.717, 1.165) is 19.3 Å². The molecule has 1 fully saturated rings. The Labute approximate surface area is 85.6 Å². The van der Waals surface area contributed by atoms with E-state index in [0.29, 0.717) is 0 Å². The fourth-order valence-corrected chi connectivity index (χ4v) is 3.01. The van der Waals surface area contributed by atoms with E-state index in [9.17, 15) is 13.5 Å². The van der Waals surface area contributed by atoms with Crippen molar-refractivity contribution < 1.29 is 13.5 Å². The quantitative estimate of drug-likeness (QED) is 0.697. The van der Waals surface area contributed by atoms with E-state index in [1.54, 1.807) is 0 Å². The van der Waals surface area contributed by atoms with E-state index in [1.165, 1.54) is 6.26 Å². The Balaban J connectivity index is 2.37. The molecule has 1 aliphatic rings. The van der Waals surface area contributed by atoms with Crippen LogP contribution in [-0.4, -0.2) is 43.7 Å². The highest BCUT2D eigenvalue weighted by Crippen LogP contribution is 2.19. The van der Waals surface area contributed by atoms with E-state index < -0.39 is 9.84 Å². The van der Waals surface area contributed by atoms with E-state index >= 15 is 0 Å². The average molecular weight is 221 g/mol. The summed E-state index contributed by atoms with van der Waals surface area (Å²) >= 11 is 0. The van der Waals surface area contributed by atoms with Gasteiger partial charge in [-0.25, -0.2) is 8.42 Å². The van der Waals surface area contributed by atoms with Crippen molar-refractivity contribution in [3.05, 3.63) is 0 Å². The van der Waals surface area contributed by atoms with E-state index in [-0.39, 0.29) is 23.9 Å². The second kappa shape index (κ2) is 4.59. The lowest BCUT2D eigenvalue weighted by Crippen LogP contribution is -2.44. The van der Waals surface area contributed by atoms with Gasteiger partial charge < -0.3 is 10.4 Å². The van der Waals surface area contributed by atoms with Crippen molar-refractivity contribution in [3.63, 3.8) is 0 Å². The van der Waals surface area contributed by atoms with Crippen LogP contribution < -0.4 is 5.32 Å². The van der Waals surface area contributed by atoms with Crippen molar-refractivity contribution in [1.82, 2.24) is 5.32 Å². The lowest BCUT2D eigenvalue weighted by molar-refractivity contribution is 0.145. The van der Waals surface area contributed by atoms with Crippen molar-refractivity contribution in [1.29, 1.82) is 0 Å². The molecular weight excluding hydrogens is 202 g/mol. The summed E-state index contributed by atoms with van der Waals surface area (Å²) in [6.07, 6.45) is 3.70. The molecule has 0 saturated heterocycles. The molecule has 0 aliphatic heterocycles. The Hall–Kier alpha value is -0.130. The molecule has 4 nitrogen and oxygen atoms in total.